The van der Waals surface area contributed by atoms with Gasteiger partial charge >= 0.3 is 0 Å². The van der Waals surface area contributed by atoms with Crippen molar-refractivity contribution in [2.24, 2.45) is 0 Å². The van der Waals surface area contributed by atoms with E-state index >= 15 is 0 Å². The van der Waals surface area contributed by atoms with E-state index < -0.39 is 11.6 Å². The van der Waals surface area contributed by atoms with Gasteiger partial charge in [-0.25, -0.2) is 8.78 Å². The Morgan fingerprint density at radius 1 is 0.643 bits per heavy atom. The van der Waals surface area contributed by atoms with E-state index in [1.165, 1.54) is 6.07 Å². The van der Waals surface area contributed by atoms with Gasteiger partial charge in [-0.15, -0.1) is 20.4 Å². The summed E-state index contributed by atoms with van der Waals surface area (Å²) in [5.74, 6) is -0.736. The third-order valence-electron chi connectivity index (χ3n) is 4.19. The Bertz CT molecular complexity index is 1110. The van der Waals surface area contributed by atoms with Gasteiger partial charge in [-0.1, -0.05) is 36.4 Å². The van der Waals surface area contributed by atoms with Crippen LogP contribution < -0.4 is 4.74 Å². The Hall–Kier alpha value is -3.74. The van der Waals surface area contributed by atoms with E-state index in [9.17, 15) is 8.78 Å². The zero-order chi connectivity index (χ0) is 19.5. The second kappa shape index (κ2) is 7.48. The SMILES string of the molecule is COc1cccc(-c2cccc(-c3nnc(-c4c(F)cccc4F)nn3)c2)c1. The first kappa shape index (κ1) is 17.7. The molecular weight excluding hydrogens is 362 g/mol. The molecule has 5 nitrogen and oxygen atoms in total. The average Bonchev–Trinajstić information content (AvgIpc) is 2.74. The molecular formula is C21H14F2N4O. The summed E-state index contributed by atoms with van der Waals surface area (Å²) in [4.78, 5) is 0. The van der Waals surface area contributed by atoms with Crippen LogP contribution in [0.2, 0.25) is 0 Å². The summed E-state index contributed by atoms with van der Waals surface area (Å²) < 4.78 is 33.0. The van der Waals surface area contributed by atoms with Crippen LogP contribution in [0.3, 0.4) is 0 Å². The van der Waals surface area contributed by atoms with Crippen molar-refractivity contribution in [2.45, 2.75) is 0 Å². The van der Waals surface area contributed by atoms with Gasteiger partial charge in [0.05, 0.1) is 12.7 Å². The van der Waals surface area contributed by atoms with Gasteiger partial charge < -0.3 is 4.74 Å². The zero-order valence-electron chi connectivity index (χ0n) is 14.8. The Balaban J connectivity index is 1.68. The second-order valence-electron chi connectivity index (χ2n) is 5.96. The third kappa shape index (κ3) is 3.42. The Morgan fingerprint density at radius 2 is 1.18 bits per heavy atom. The lowest BCUT2D eigenvalue weighted by molar-refractivity contribution is 0.415. The van der Waals surface area contributed by atoms with Crippen LogP contribution in [0.1, 0.15) is 0 Å². The summed E-state index contributed by atoms with van der Waals surface area (Å²) in [6.45, 7) is 0. The molecule has 0 saturated carbocycles. The van der Waals surface area contributed by atoms with E-state index in [2.05, 4.69) is 20.4 Å². The predicted molar refractivity (Wildman–Crippen MR) is 100 cm³/mol. The number of rotatable bonds is 4. The highest BCUT2D eigenvalue weighted by Gasteiger charge is 2.15. The first-order valence-corrected chi connectivity index (χ1v) is 8.42. The fourth-order valence-electron chi connectivity index (χ4n) is 2.80. The fraction of sp³-hybridized carbons (Fsp3) is 0.0476. The summed E-state index contributed by atoms with van der Waals surface area (Å²) in [7, 11) is 1.61. The number of benzene rings is 3. The molecule has 0 radical (unpaired) electrons. The molecule has 0 aliphatic rings. The molecule has 0 unspecified atom stereocenters. The monoisotopic (exact) mass is 376 g/mol. The molecule has 0 aliphatic heterocycles. The maximum Gasteiger partial charge on any atom is 0.209 e. The van der Waals surface area contributed by atoms with Crippen molar-refractivity contribution in [3.63, 3.8) is 0 Å². The third-order valence-corrected chi connectivity index (χ3v) is 4.19. The van der Waals surface area contributed by atoms with E-state index in [-0.39, 0.29) is 17.2 Å². The minimum absolute atomic E-state index is 0.205. The molecule has 28 heavy (non-hydrogen) atoms. The summed E-state index contributed by atoms with van der Waals surface area (Å²) in [5.41, 5.74) is 2.23. The van der Waals surface area contributed by atoms with E-state index in [4.69, 9.17) is 4.74 Å². The number of ether oxygens (including phenoxy) is 1. The van der Waals surface area contributed by atoms with E-state index in [0.29, 0.717) is 5.56 Å². The molecule has 0 saturated heterocycles. The van der Waals surface area contributed by atoms with Crippen molar-refractivity contribution >= 4 is 0 Å². The number of methoxy groups -OCH3 is 1. The molecule has 4 rings (SSSR count). The van der Waals surface area contributed by atoms with Crippen LogP contribution >= 0.6 is 0 Å². The fourth-order valence-corrected chi connectivity index (χ4v) is 2.80. The summed E-state index contributed by atoms with van der Waals surface area (Å²) in [6.07, 6.45) is 0. The molecule has 0 fully saturated rings. The number of aromatic nitrogens is 4. The first-order chi connectivity index (χ1) is 13.7. The minimum atomic E-state index is -0.767. The molecule has 0 spiro atoms. The lowest BCUT2D eigenvalue weighted by Gasteiger charge is -2.07. The van der Waals surface area contributed by atoms with Gasteiger partial charge in [0, 0.05) is 5.56 Å². The highest BCUT2D eigenvalue weighted by Crippen LogP contribution is 2.27. The van der Waals surface area contributed by atoms with Gasteiger partial charge in [-0.2, -0.15) is 0 Å². The van der Waals surface area contributed by atoms with Gasteiger partial charge in [-0.05, 0) is 41.5 Å². The summed E-state index contributed by atoms with van der Waals surface area (Å²) in [6, 6.07) is 18.7. The predicted octanol–water partition coefficient (Wildman–Crippen LogP) is 4.55. The van der Waals surface area contributed by atoms with Crippen LogP contribution in [-0.2, 0) is 0 Å². The van der Waals surface area contributed by atoms with Crippen LogP contribution in [0.5, 0.6) is 5.75 Å². The number of hydrogen-bond acceptors (Lipinski definition) is 5. The van der Waals surface area contributed by atoms with Gasteiger partial charge in [-0.3, -0.25) is 0 Å². The van der Waals surface area contributed by atoms with Crippen LogP contribution in [0, 0.1) is 11.6 Å². The summed E-state index contributed by atoms with van der Waals surface area (Å²) in [5, 5.41) is 15.7. The maximum atomic E-state index is 13.9. The summed E-state index contributed by atoms with van der Waals surface area (Å²) >= 11 is 0. The number of hydrogen-bond donors (Lipinski definition) is 0. The topological polar surface area (TPSA) is 60.8 Å². The lowest BCUT2D eigenvalue weighted by Crippen LogP contribution is -2.02. The molecule has 7 heteroatoms. The molecule has 0 amide bonds. The van der Waals surface area contributed by atoms with Gasteiger partial charge in [0.15, 0.2) is 0 Å². The van der Waals surface area contributed by atoms with Crippen molar-refractivity contribution in [1.29, 1.82) is 0 Å². The van der Waals surface area contributed by atoms with Crippen LogP contribution in [0.4, 0.5) is 8.78 Å². The molecule has 4 aromatic rings. The van der Waals surface area contributed by atoms with Crippen molar-refractivity contribution in [2.75, 3.05) is 7.11 Å². The molecule has 0 aliphatic carbocycles. The van der Waals surface area contributed by atoms with Crippen LogP contribution in [0.25, 0.3) is 33.9 Å². The molecule has 3 aromatic carbocycles. The highest BCUT2D eigenvalue weighted by molar-refractivity contribution is 5.71. The standard InChI is InChI=1S/C21H14F2N4O/c1-28-16-8-3-6-14(12-16)13-5-2-7-15(11-13)20-24-26-21(27-25-20)19-17(22)9-4-10-18(19)23/h2-12H,1H3. The Morgan fingerprint density at radius 3 is 1.86 bits per heavy atom. The van der Waals surface area contributed by atoms with Gasteiger partial charge in [0.2, 0.25) is 11.6 Å². The molecule has 1 aromatic heterocycles. The second-order valence-corrected chi connectivity index (χ2v) is 5.96. The van der Waals surface area contributed by atoms with Crippen molar-refractivity contribution in [3.05, 3.63) is 78.4 Å². The maximum absolute atomic E-state index is 13.9. The quantitative estimate of drug-likeness (QED) is 0.523. The average molecular weight is 376 g/mol. The molecule has 138 valence electrons. The van der Waals surface area contributed by atoms with E-state index in [0.717, 1.165) is 29.0 Å². The normalized spacial score (nSPS) is 10.7. The highest BCUT2D eigenvalue weighted by atomic mass is 19.1. The Kier molecular flexibility index (Phi) is 4.72. The lowest BCUT2D eigenvalue weighted by atomic mass is 10.0. The van der Waals surface area contributed by atoms with E-state index in [1.54, 1.807) is 7.11 Å². The smallest absolute Gasteiger partial charge is 0.209 e. The number of nitrogens with zero attached hydrogens (tertiary/aromatic N) is 4. The largest absolute Gasteiger partial charge is 0.497 e. The van der Waals surface area contributed by atoms with Crippen molar-refractivity contribution in [1.82, 2.24) is 20.4 Å². The van der Waals surface area contributed by atoms with Crippen LogP contribution in [-0.4, -0.2) is 27.5 Å². The zero-order valence-corrected chi connectivity index (χ0v) is 14.8. The Labute approximate surface area is 159 Å². The van der Waals surface area contributed by atoms with E-state index in [1.807, 2.05) is 48.5 Å². The molecule has 0 bridgehead atoms. The number of halogens is 2. The van der Waals surface area contributed by atoms with Crippen molar-refractivity contribution in [3.8, 4) is 39.7 Å². The van der Waals surface area contributed by atoms with Gasteiger partial charge in [0.1, 0.15) is 17.4 Å². The van der Waals surface area contributed by atoms with Gasteiger partial charge in [0.25, 0.3) is 0 Å². The van der Waals surface area contributed by atoms with Crippen molar-refractivity contribution < 1.29 is 13.5 Å². The molecule has 0 atom stereocenters. The molecule has 0 N–H and O–H groups in total. The minimum Gasteiger partial charge on any atom is -0.497 e. The first-order valence-electron chi connectivity index (χ1n) is 8.42. The van der Waals surface area contributed by atoms with Crippen LogP contribution in [0.15, 0.2) is 66.7 Å². The molecule has 1 heterocycles.